The summed E-state index contributed by atoms with van der Waals surface area (Å²) >= 11 is 0. The molecule has 1 fully saturated rings. The van der Waals surface area contributed by atoms with Crippen molar-refractivity contribution in [1.82, 2.24) is 20.0 Å². The second-order valence-corrected chi connectivity index (χ2v) is 5.62. The summed E-state index contributed by atoms with van der Waals surface area (Å²) < 4.78 is 0. The highest BCUT2D eigenvalue weighted by Crippen LogP contribution is 2.18. The number of nitrogens with zero attached hydrogens (tertiary/aromatic N) is 3. The van der Waals surface area contributed by atoms with Crippen LogP contribution in [0.2, 0.25) is 0 Å². The van der Waals surface area contributed by atoms with Gasteiger partial charge in [0.2, 0.25) is 0 Å². The SMILES string of the molecule is CN(CCC1CCCN(C)C1)Cc1cc(N)n[nH]1. The third kappa shape index (κ3) is 3.99. The van der Waals surface area contributed by atoms with Crippen LogP contribution in [0.5, 0.6) is 0 Å². The van der Waals surface area contributed by atoms with Crippen molar-refractivity contribution in [2.45, 2.75) is 25.8 Å². The number of nitrogens with one attached hydrogen (secondary N) is 1. The summed E-state index contributed by atoms with van der Waals surface area (Å²) in [5, 5.41) is 6.91. The number of nitrogen functional groups attached to an aromatic ring is 1. The molecule has 0 aromatic carbocycles. The fraction of sp³-hybridized carbons (Fsp3) is 0.769. The van der Waals surface area contributed by atoms with Crippen molar-refractivity contribution < 1.29 is 0 Å². The summed E-state index contributed by atoms with van der Waals surface area (Å²) in [7, 11) is 4.38. The van der Waals surface area contributed by atoms with Crippen LogP contribution in [-0.2, 0) is 6.54 Å². The first-order valence-electron chi connectivity index (χ1n) is 6.80. The standard InChI is InChI=1S/C13H25N5/c1-17-6-3-4-11(9-17)5-7-18(2)10-12-8-13(14)16-15-12/h8,11H,3-7,9-10H2,1-2H3,(H3,14,15,16). The number of aromatic nitrogens is 2. The molecule has 3 N–H and O–H groups in total. The molecule has 0 aliphatic carbocycles. The maximum Gasteiger partial charge on any atom is 0.145 e. The lowest BCUT2D eigenvalue weighted by Crippen LogP contribution is -2.33. The maximum atomic E-state index is 5.59. The number of rotatable bonds is 5. The van der Waals surface area contributed by atoms with Crippen molar-refractivity contribution in [2.24, 2.45) is 5.92 Å². The molecule has 0 amide bonds. The molecule has 1 saturated heterocycles. The molecule has 18 heavy (non-hydrogen) atoms. The minimum Gasteiger partial charge on any atom is -0.382 e. The van der Waals surface area contributed by atoms with Gasteiger partial charge in [-0.3, -0.25) is 5.10 Å². The zero-order chi connectivity index (χ0) is 13.0. The van der Waals surface area contributed by atoms with Crippen molar-refractivity contribution >= 4 is 5.82 Å². The fourth-order valence-corrected chi connectivity index (χ4v) is 2.74. The monoisotopic (exact) mass is 251 g/mol. The summed E-state index contributed by atoms with van der Waals surface area (Å²) in [6.07, 6.45) is 4.02. The lowest BCUT2D eigenvalue weighted by molar-refractivity contribution is 0.184. The van der Waals surface area contributed by atoms with E-state index in [-0.39, 0.29) is 0 Å². The van der Waals surface area contributed by atoms with Crippen LogP contribution in [0, 0.1) is 5.92 Å². The molecular formula is C13H25N5. The minimum atomic E-state index is 0.576. The highest BCUT2D eigenvalue weighted by Gasteiger charge is 2.17. The lowest BCUT2D eigenvalue weighted by Gasteiger charge is -2.30. The number of nitrogens with two attached hydrogens (primary N) is 1. The Balaban J connectivity index is 1.69. The molecule has 1 aliphatic rings. The molecule has 1 aromatic heterocycles. The first kappa shape index (κ1) is 13.4. The molecule has 2 heterocycles. The van der Waals surface area contributed by atoms with E-state index in [0.717, 1.165) is 24.7 Å². The van der Waals surface area contributed by atoms with E-state index in [1.807, 2.05) is 6.07 Å². The van der Waals surface area contributed by atoms with Crippen molar-refractivity contribution in [2.75, 3.05) is 39.5 Å². The van der Waals surface area contributed by atoms with Crippen LogP contribution in [0.1, 0.15) is 25.0 Å². The summed E-state index contributed by atoms with van der Waals surface area (Å²) in [6.45, 7) is 4.55. The molecule has 1 aromatic rings. The van der Waals surface area contributed by atoms with Crippen molar-refractivity contribution in [3.05, 3.63) is 11.8 Å². The van der Waals surface area contributed by atoms with Crippen LogP contribution >= 0.6 is 0 Å². The van der Waals surface area contributed by atoms with E-state index in [1.54, 1.807) is 0 Å². The molecule has 0 radical (unpaired) electrons. The van der Waals surface area contributed by atoms with Gasteiger partial charge in [-0.2, -0.15) is 5.10 Å². The van der Waals surface area contributed by atoms with E-state index in [2.05, 4.69) is 34.1 Å². The number of anilines is 1. The summed E-state index contributed by atoms with van der Waals surface area (Å²) in [6, 6.07) is 1.91. The molecule has 102 valence electrons. The second-order valence-electron chi connectivity index (χ2n) is 5.62. The highest BCUT2D eigenvalue weighted by molar-refractivity contribution is 5.28. The lowest BCUT2D eigenvalue weighted by atomic mass is 9.95. The molecule has 0 bridgehead atoms. The normalized spacial score (nSPS) is 21.6. The van der Waals surface area contributed by atoms with Crippen LogP contribution in [0.4, 0.5) is 5.82 Å². The Morgan fingerprint density at radius 1 is 1.61 bits per heavy atom. The van der Waals surface area contributed by atoms with Gasteiger partial charge in [0.1, 0.15) is 5.82 Å². The van der Waals surface area contributed by atoms with Crippen LogP contribution < -0.4 is 5.73 Å². The fourth-order valence-electron chi connectivity index (χ4n) is 2.74. The Labute approximate surface area is 109 Å². The Kier molecular flexibility index (Phi) is 4.60. The molecule has 0 spiro atoms. The van der Waals surface area contributed by atoms with Crippen LogP contribution in [0.15, 0.2) is 6.07 Å². The molecule has 1 atom stereocenters. The van der Waals surface area contributed by atoms with E-state index >= 15 is 0 Å². The maximum absolute atomic E-state index is 5.59. The van der Waals surface area contributed by atoms with Gasteiger partial charge >= 0.3 is 0 Å². The van der Waals surface area contributed by atoms with E-state index in [0.29, 0.717) is 5.82 Å². The third-order valence-electron chi connectivity index (χ3n) is 3.73. The highest BCUT2D eigenvalue weighted by atomic mass is 15.2. The summed E-state index contributed by atoms with van der Waals surface area (Å²) in [5.41, 5.74) is 6.69. The van der Waals surface area contributed by atoms with E-state index in [9.17, 15) is 0 Å². The quantitative estimate of drug-likeness (QED) is 0.824. The van der Waals surface area contributed by atoms with E-state index in [4.69, 9.17) is 5.73 Å². The zero-order valence-electron chi connectivity index (χ0n) is 11.5. The van der Waals surface area contributed by atoms with Gasteiger partial charge < -0.3 is 15.5 Å². The number of H-pyrrole nitrogens is 1. The van der Waals surface area contributed by atoms with Crippen molar-refractivity contribution in [1.29, 1.82) is 0 Å². The number of aromatic amines is 1. The number of hydrogen-bond acceptors (Lipinski definition) is 4. The Morgan fingerprint density at radius 3 is 3.11 bits per heavy atom. The van der Waals surface area contributed by atoms with E-state index < -0.39 is 0 Å². The first-order chi connectivity index (χ1) is 8.63. The topological polar surface area (TPSA) is 61.2 Å². The molecule has 5 nitrogen and oxygen atoms in total. The summed E-state index contributed by atoms with van der Waals surface area (Å²) in [5.74, 6) is 1.44. The van der Waals surface area contributed by atoms with Gasteiger partial charge in [-0.25, -0.2) is 0 Å². The largest absolute Gasteiger partial charge is 0.382 e. The average Bonchev–Trinajstić information content (AvgIpc) is 2.72. The van der Waals surface area contributed by atoms with Crippen molar-refractivity contribution in [3.63, 3.8) is 0 Å². The molecule has 1 unspecified atom stereocenters. The van der Waals surface area contributed by atoms with Crippen LogP contribution in [0.25, 0.3) is 0 Å². The predicted molar refractivity (Wildman–Crippen MR) is 74.2 cm³/mol. The van der Waals surface area contributed by atoms with E-state index in [1.165, 1.54) is 32.4 Å². The number of likely N-dealkylation sites (tertiary alicyclic amines) is 1. The van der Waals surface area contributed by atoms with Gasteiger partial charge in [0, 0.05) is 19.2 Å². The average molecular weight is 251 g/mol. The number of hydrogen-bond donors (Lipinski definition) is 2. The van der Waals surface area contributed by atoms with Gasteiger partial charge in [-0.15, -0.1) is 0 Å². The van der Waals surface area contributed by atoms with Gasteiger partial charge in [0.15, 0.2) is 0 Å². The Morgan fingerprint density at radius 2 is 2.44 bits per heavy atom. The third-order valence-corrected chi connectivity index (χ3v) is 3.73. The smallest absolute Gasteiger partial charge is 0.145 e. The predicted octanol–water partition coefficient (Wildman–Crippen LogP) is 1.16. The van der Waals surface area contributed by atoms with Crippen molar-refractivity contribution in [3.8, 4) is 0 Å². The molecule has 2 rings (SSSR count). The van der Waals surface area contributed by atoms with Gasteiger partial charge in [0.25, 0.3) is 0 Å². The molecule has 5 heteroatoms. The zero-order valence-corrected chi connectivity index (χ0v) is 11.5. The van der Waals surface area contributed by atoms with Gasteiger partial charge in [-0.1, -0.05) is 0 Å². The van der Waals surface area contributed by atoms with Crippen LogP contribution in [0.3, 0.4) is 0 Å². The summed E-state index contributed by atoms with van der Waals surface area (Å²) in [4.78, 5) is 4.78. The Hall–Kier alpha value is -1.07. The Bertz CT molecular complexity index is 362. The van der Waals surface area contributed by atoms with Gasteiger partial charge in [-0.05, 0) is 52.4 Å². The van der Waals surface area contributed by atoms with Crippen LogP contribution in [-0.4, -0.2) is 53.7 Å². The molecule has 0 saturated carbocycles. The molecular weight excluding hydrogens is 226 g/mol. The molecule has 1 aliphatic heterocycles. The first-order valence-corrected chi connectivity index (χ1v) is 6.80. The minimum absolute atomic E-state index is 0.576. The second kappa shape index (κ2) is 6.20. The number of piperidine rings is 1. The van der Waals surface area contributed by atoms with Gasteiger partial charge in [0.05, 0.1) is 5.69 Å².